The highest BCUT2D eigenvalue weighted by atomic mass is 16.7. The fourth-order valence-electron chi connectivity index (χ4n) is 4.34. The van der Waals surface area contributed by atoms with Crippen molar-refractivity contribution < 1.29 is 14.3 Å². The standard InChI is InChI=1S/C27H30N6O3/c1-17(2)33-18(3)30-31-27(33)23-7-5-6-20(29-23)12-25(34)22-13-21(10-11-26(22)36-16-35-4)32-14-24(28-15-32)19-8-9-19/h5-7,10-11,13-15,17,19H,8-9,12,16H2,1-4H3. The zero-order chi connectivity index (χ0) is 25.2. The zero-order valence-corrected chi connectivity index (χ0v) is 21.0. The van der Waals surface area contributed by atoms with Crippen molar-refractivity contribution in [2.24, 2.45) is 0 Å². The van der Waals surface area contributed by atoms with Crippen LogP contribution < -0.4 is 4.74 Å². The molecule has 0 amide bonds. The van der Waals surface area contributed by atoms with Gasteiger partial charge in [0.2, 0.25) is 0 Å². The molecule has 3 aromatic heterocycles. The van der Waals surface area contributed by atoms with Crippen LogP contribution in [0.1, 0.15) is 66.2 Å². The van der Waals surface area contributed by atoms with E-state index in [1.807, 2.05) is 52.6 Å². The molecule has 9 nitrogen and oxygen atoms in total. The van der Waals surface area contributed by atoms with Crippen molar-refractivity contribution in [2.45, 2.75) is 52.0 Å². The zero-order valence-electron chi connectivity index (χ0n) is 21.0. The summed E-state index contributed by atoms with van der Waals surface area (Å²) in [6, 6.07) is 11.4. The lowest BCUT2D eigenvalue weighted by atomic mass is 10.0. The van der Waals surface area contributed by atoms with Crippen LogP contribution in [-0.2, 0) is 11.2 Å². The molecular formula is C27H30N6O3. The van der Waals surface area contributed by atoms with Crippen LogP contribution >= 0.6 is 0 Å². The Labute approximate surface area is 210 Å². The van der Waals surface area contributed by atoms with Crippen LogP contribution in [0.5, 0.6) is 5.75 Å². The van der Waals surface area contributed by atoms with Crippen LogP contribution in [0.4, 0.5) is 0 Å². The molecule has 0 unspecified atom stereocenters. The molecule has 0 radical (unpaired) electrons. The average Bonchev–Trinajstić information content (AvgIpc) is 3.46. The molecule has 1 aromatic carbocycles. The SMILES string of the molecule is COCOc1ccc(-n2cnc(C3CC3)c2)cc1C(=O)Cc1cccc(-c2nnc(C)n2C(C)C)n1. The first kappa shape index (κ1) is 23.9. The number of methoxy groups -OCH3 is 1. The summed E-state index contributed by atoms with van der Waals surface area (Å²) in [6.07, 6.45) is 6.32. The molecule has 1 aliphatic rings. The van der Waals surface area contributed by atoms with Crippen LogP contribution in [-0.4, -0.2) is 49.0 Å². The second kappa shape index (κ2) is 10.0. The maximum atomic E-state index is 13.5. The van der Waals surface area contributed by atoms with Crippen molar-refractivity contribution >= 4 is 5.78 Å². The highest BCUT2D eigenvalue weighted by molar-refractivity contribution is 6.00. The molecule has 186 valence electrons. The molecule has 3 heterocycles. The van der Waals surface area contributed by atoms with E-state index in [9.17, 15) is 4.79 Å². The van der Waals surface area contributed by atoms with Crippen LogP contribution in [0, 0.1) is 6.92 Å². The summed E-state index contributed by atoms with van der Waals surface area (Å²) in [5.74, 6) is 2.44. The van der Waals surface area contributed by atoms with Gasteiger partial charge in [-0.2, -0.15) is 0 Å². The van der Waals surface area contributed by atoms with E-state index in [0.717, 1.165) is 17.2 Å². The molecule has 0 saturated heterocycles. The summed E-state index contributed by atoms with van der Waals surface area (Å²) < 4.78 is 14.8. The van der Waals surface area contributed by atoms with Crippen molar-refractivity contribution in [2.75, 3.05) is 13.9 Å². The number of carbonyl (C=O) groups is 1. The Hall–Kier alpha value is -3.85. The van der Waals surface area contributed by atoms with E-state index in [0.29, 0.717) is 34.4 Å². The molecule has 1 fully saturated rings. The van der Waals surface area contributed by atoms with Crippen LogP contribution in [0.15, 0.2) is 48.9 Å². The lowest BCUT2D eigenvalue weighted by Crippen LogP contribution is -2.11. The van der Waals surface area contributed by atoms with Gasteiger partial charge < -0.3 is 18.6 Å². The Morgan fingerprint density at radius 1 is 1.17 bits per heavy atom. The van der Waals surface area contributed by atoms with E-state index in [1.165, 1.54) is 12.8 Å². The van der Waals surface area contributed by atoms with E-state index in [1.54, 1.807) is 19.5 Å². The Balaban J connectivity index is 1.43. The average molecular weight is 487 g/mol. The summed E-state index contributed by atoms with van der Waals surface area (Å²) in [7, 11) is 1.55. The van der Waals surface area contributed by atoms with E-state index >= 15 is 0 Å². The molecule has 0 N–H and O–H groups in total. The van der Waals surface area contributed by atoms with Crippen molar-refractivity contribution in [3.05, 3.63) is 71.7 Å². The van der Waals surface area contributed by atoms with Crippen molar-refractivity contribution in [3.63, 3.8) is 0 Å². The van der Waals surface area contributed by atoms with Crippen molar-refractivity contribution in [3.8, 4) is 23.0 Å². The van der Waals surface area contributed by atoms with Gasteiger partial charge in [-0.25, -0.2) is 9.97 Å². The number of hydrogen-bond acceptors (Lipinski definition) is 7. The van der Waals surface area contributed by atoms with E-state index in [-0.39, 0.29) is 25.0 Å². The van der Waals surface area contributed by atoms with Crippen LogP contribution in [0.2, 0.25) is 0 Å². The molecule has 0 atom stereocenters. The minimum Gasteiger partial charge on any atom is -0.467 e. The third-order valence-electron chi connectivity index (χ3n) is 6.25. The van der Waals surface area contributed by atoms with Crippen LogP contribution in [0.25, 0.3) is 17.2 Å². The number of benzene rings is 1. The molecule has 0 bridgehead atoms. The number of nitrogens with zero attached hydrogens (tertiary/aromatic N) is 6. The highest BCUT2D eigenvalue weighted by Gasteiger charge is 2.26. The third kappa shape index (κ3) is 4.92. The van der Waals surface area contributed by atoms with Gasteiger partial charge in [-0.3, -0.25) is 4.79 Å². The fraction of sp³-hybridized carbons (Fsp3) is 0.370. The van der Waals surface area contributed by atoms with Crippen molar-refractivity contribution in [1.82, 2.24) is 29.3 Å². The Bertz CT molecular complexity index is 1390. The molecule has 4 aromatic rings. The number of imidazole rings is 1. The fourth-order valence-corrected chi connectivity index (χ4v) is 4.34. The lowest BCUT2D eigenvalue weighted by molar-refractivity contribution is 0.0502. The first-order valence-corrected chi connectivity index (χ1v) is 12.2. The predicted octanol–water partition coefficient (Wildman–Crippen LogP) is 4.70. The smallest absolute Gasteiger partial charge is 0.188 e. The minimum absolute atomic E-state index is 0.0501. The molecule has 0 spiro atoms. The predicted molar refractivity (Wildman–Crippen MR) is 134 cm³/mol. The van der Waals surface area contributed by atoms with Gasteiger partial charge in [0.15, 0.2) is 18.4 Å². The highest BCUT2D eigenvalue weighted by Crippen LogP contribution is 2.39. The number of rotatable bonds is 10. The first-order valence-electron chi connectivity index (χ1n) is 12.2. The van der Waals surface area contributed by atoms with Crippen molar-refractivity contribution in [1.29, 1.82) is 0 Å². The number of carbonyl (C=O) groups excluding carboxylic acids is 1. The van der Waals surface area contributed by atoms with Crippen LogP contribution in [0.3, 0.4) is 0 Å². The Morgan fingerprint density at radius 2 is 2.00 bits per heavy atom. The number of aromatic nitrogens is 6. The third-order valence-corrected chi connectivity index (χ3v) is 6.25. The van der Waals surface area contributed by atoms with Gasteiger partial charge in [0.1, 0.15) is 17.3 Å². The Morgan fingerprint density at radius 3 is 2.75 bits per heavy atom. The molecule has 1 aliphatic carbocycles. The number of pyridine rings is 1. The van der Waals surface area contributed by atoms with Gasteiger partial charge in [0.05, 0.1) is 24.0 Å². The summed E-state index contributed by atoms with van der Waals surface area (Å²) in [4.78, 5) is 22.8. The van der Waals surface area contributed by atoms with Gasteiger partial charge in [0.25, 0.3) is 0 Å². The quantitative estimate of drug-likeness (QED) is 0.237. The first-order chi connectivity index (χ1) is 17.4. The number of ketones is 1. The van der Waals surface area contributed by atoms with Gasteiger partial charge in [-0.15, -0.1) is 10.2 Å². The largest absolute Gasteiger partial charge is 0.467 e. The van der Waals surface area contributed by atoms with Gasteiger partial charge in [0, 0.05) is 36.6 Å². The summed E-state index contributed by atoms with van der Waals surface area (Å²) in [6.45, 7) is 6.13. The number of ether oxygens (including phenoxy) is 2. The van der Waals surface area contributed by atoms with Gasteiger partial charge in [-0.05, 0) is 63.9 Å². The van der Waals surface area contributed by atoms with Gasteiger partial charge >= 0.3 is 0 Å². The second-order valence-corrected chi connectivity index (χ2v) is 9.36. The maximum Gasteiger partial charge on any atom is 0.188 e. The van der Waals surface area contributed by atoms with E-state index in [4.69, 9.17) is 14.5 Å². The molecule has 36 heavy (non-hydrogen) atoms. The van der Waals surface area contributed by atoms with Gasteiger partial charge in [-0.1, -0.05) is 6.07 Å². The lowest BCUT2D eigenvalue weighted by Gasteiger charge is -2.13. The number of hydrogen-bond donors (Lipinski definition) is 0. The Kier molecular flexibility index (Phi) is 6.65. The van der Waals surface area contributed by atoms with E-state index in [2.05, 4.69) is 29.0 Å². The maximum absolute atomic E-state index is 13.5. The number of Topliss-reactive ketones (excluding diaryl/α,β-unsaturated/α-hetero) is 1. The normalized spacial score (nSPS) is 13.4. The molecule has 1 saturated carbocycles. The molecule has 9 heteroatoms. The monoisotopic (exact) mass is 486 g/mol. The van der Waals surface area contributed by atoms with E-state index < -0.39 is 0 Å². The molecular weight excluding hydrogens is 456 g/mol. The number of aryl methyl sites for hydroxylation is 1. The molecule has 5 rings (SSSR count). The topological polar surface area (TPSA) is 97.0 Å². The molecule has 0 aliphatic heterocycles. The minimum atomic E-state index is -0.100. The summed E-state index contributed by atoms with van der Waals surface area (Å²) >= 11 is 0. The summed E-state index contributed by atoms with van der Waals surface area (Å²) in [5, 5.41) is 8.54. The summed E-state index contributed by atoms with van der Waals surface area (Å²) in [5.41, 5.74) is 3.75. The second-order valence-electron chi connectivity index (χ2n) is 9.36.